The summed E-state index contributed by atoms with van der Waals surface area (Å²) in [6.07, 6.45) is 0. The Balaban J connectivity index is 0.000000332. The van der Waals surface area contributed by atoms with Crippen molar-refractivity contribution in [3.63, 3.8) is 0 Å². The summed E-state index contributed by atoms with van der Waals surface area (Å²) in [4.78, 5) is 3.80. The summed E-state index contributed by atoms with van der Waals surface area (Å²) in [7, 11) is -5.17. The Kier molecular flexibility index (Phi) is 11.2. The molecule has 0 unspecified atom stereocenters. The summed E-state index contributed by atoms with van der Waals surface area (Å²) in [5.41, 5.74) is 10.5. The van der Waals surface area contributed by atoms with Crippen molar-refractivity contribution in [2.75, 3.05) is 49.2 Å². The van der Waals surface area contributed by atoms with Gasteiger partial charge in [-0.2, -0.15) is 23.5 Å². The van der Waals surface area contributed by atoms with Crippen LogP contribution in [0.1, 0.15) is 0 Å². The number of nitrogens with two attached hydrogens (primary N) is 2. The summed E-state index contributed by atoms with van der Waals surface area (Å²) < 4.78 is 34.1. The summed E-state index contributed by atoms with van der Waals surface area (Å²) in [5.74, 6) is 4.88. The summed E-state index contributed by atoms with van der Waals surface area (Å²) >= 11 is 3.84. The molecule has 0 atom stereocenters. The van der Waals surface area contributed by atoms with Crippen LogP contribution in [0.4, 0.5) is 0 Å². The van der Waals surface area contributed by atoms with Crippen molar-refractivity contribution in [3.8, 4) is 0 Å². The molecule has 0 aliphatic carbocycles. The van der Waals surface area contributed by atoms with Gasteiger partial charge in [-0.3, -0.25) is 19.2 Å². The van der Waals surface area contributed by atoms with Crippen molar-refractivity contribution in [2.45, 2.75) is 0 Å². The summed E-state index contributed by atoms with van der Waals surface area (Å²) in [5, 5.41) is 14.2. The van der Waals surface area contributed by atoms with E-state index in [1.54, 1.807) is 0 Å². The van der Waals surface area contributed by atoms with Gasteiger partial charge in [0.1, 0.15) is 0 Å². The molecule has 2 heterocycles. The van der Waals surface area contributed by atoms with E-state index in [9.17, 15) is 0 Å². The molecule has 13 heteroatoms. The molecule has 2 aliphatic rings. The van der Waals surface area contributed by atoms with Crippen molar-refractivity contribution in [3.05, 3.63) is 0 Å². The van der Waals surface area contributed by atoms with Gasteiger partial charge in [-0.05, 0) is 0 Å². The highest BCUT2D eigenvalue weighted by Crippen LogP contribution is 2.08. The van der Waals surface area contributed by atoms with Crippen LogP contribution >= 0.6 is 23.5 Å². The highest BCUT2D eigenvalue weighted by molar-refractivity contribution is 7.99. The molecule has 2 aliphatic heterocycles. The minimum Gasteiger partial charge on any atom is -0.759 e. The van der Waals surface area contributed by atoms with Gasteiger partial charge in [0.15, 0.2) is 11.9 Å². The molecule has 136 valence electrons. The zero-order valence-electron chi connectivity index (χ0n) is 12.6. The average Bonchev–Trinajstić information content (AvgIpc) is 2.48. The third kappa shape index (κ3) is 14.4. The molecule has 2 fully saturated rings. The van der Waals surface area contributed by atoms with E-state index in [4.69, 9.17) is 39.8 Å². The van der Waals surface area contributed by atoms with E-state index >= 15 is 0 Å². The van der Waals surface area contributed by atoms with Crippen LogP contribution in [-0.2, 0) is 10.4 Å². The van der Waals surface area contributed by atoms with Crippen LogP contribution < -0.4 is 11.5 Å². The molecule has 2 saturated heterocycles. The molecule has 0 aromatic rings. The first-order chi connectivity index (χ1) is 10.6. The van der Waals surface area contributed by atoms with E-state index in [1.165, 1.54) is 0 Å². The maximum absolute atomic E-state index is 8.52. The number of thioether (sulfide) groups is 2. The number of nitrogens with zero attached hydrogens (tertiary/aromatic N) is 2. The Morgan fingerprint density at radius 3 is 1.17 bits per heavy atom. The van der Waals surface area contributed by atoms with E-state index in [2.05, 4.69) is 0 Å². The number of guanidine groups is 2. The molecule has 6 N–H and O–H groups in total. The lowest BCUT2D eigenvalue weighted by molar-refractivity contribution is 0.352. The van der Waals surface area contributed by atoms with Gasteiger partial charge in [0, 0.05) is 59.6 Å². The lowest BCUT2D eigenvalue weighted by atomic mass is 10.5. The maximum atomic E-state index is 8.52. The largest absolute Gasteiger partial charge is 0.759 e. The fraction of sp³-hybridized carbons (Fsp3) is 0.800. The standard InChI is InChI=1S/2C5H11N3S.H2O4S/c2*6-5(7)8-1-3-9-4-2-8;1-5(2,3)4/h2*1-4H2,(H3,6,7);(H2,1,2,3,4)/p-2. The first kappa shape index (κ1) is 22.1. The Morgan fingerprint density at radius 1 is 0.826 bits per heavy atom. The van der Waals surface area contributed by atoms with E-state index in [0.717, 1.165) is 49.2 Å². The monoisotopic (exact) mass is 386 g/mol. The number of hydrogen-bond donors (Lipinski definition) is 4. The van der Waals surface area contributed by atoms with Crippen LogP contribution in [0, 0.1) is 10.8 Å². The third-order valence-electron chi connectivity index (χ3n) is 2.70. The highest BCUT2D eigenvalue weighted by atomic mass is 32.3. The van der Waals surface area contributed by atoms with Gasteiger partial charge < -0.3 is 30.4 Å². The summed E-state index contributed by atoms with van der Waals surface area (Å²) in [6.45, 7) is 3.78. The predicted molar refractivity (Wildman–Crippen MR) is 92.1 cm³/mol. The lowest BCUT2D eigenvalue weighted by Crippen LogP contribution is -2.41. The Hall–Kier alpha value is -0.890. The second-order valence-corrected chi connectivity index (χ2v) is 7.64. The van der Waals surface area contributed by atoms with Crippen LogP contribution in [0.15, 0.2) is 0 Å². The lowest BCUT2D eigenvalue weighted by Gasteiger charge is -2.25. The van der Waals surface area contributed by atoms with Gasteiger partial charge in [-0.25, -0.2) is 0 Å². The van der Waals surface area contributed by atoms with Crippen LogP contribution in [-0.4, -0.2) is 88.4 Å². The Labute approximate surface area is 144 Å². The molecule has 0 spiro atoms. The number of rotatable bonds is 0. The fourth-order valence-corrected chi connectivity index (χ4v) is 3.41. The molecule has 23 heavy (non-hydrogen) atoms. The van der Waals surface area contributed by atoms with Crippen molar-refractivity contribution < 1.29 is 17.5 Å². The van der Waals surface area contributed by atoms with Crippen LogP contribution in [0.25, 0.3) is 0 Å². The van der Waals surface area contributed by atoms with Crippen molar-refractivity contribution in [1.29, 1.82) is 10.8 Å². The minimum absolute atomic E-state index is 0.218. The van der Waals surface area contributed by atoms with Gasteiger partial charge in [-0.1, -0.05) is 0 Å². The second-order valence-electron chi connectivity index (χ2n) is 4.38. The molecule has 2 rings (SSSR count). The smallest absolute Gasteiger partial charge is 0.188 e. The Bertz CT molecular complexity index is 427. The van der Waals surface area contributed by atoms with Gasteiger partial charge in [-0.15, -0.1) is 0 Å². The van der Waals surface area contributed by atoms with Gasteiger partial charge in [0.25, 0.3) is 0 Å². The van der Waals surface area contributed by atoms with E-state index in [0.29, 0.717) is 0 Å². The Morgan fingerprint density at radius 2 is 1.04 bits per heavy atom. The molecular formula is C10H22N6O4S3-2. The zero-order valence-corrected chi connectivity index (χ0v) is 15.0. The third-order valence-corrected chi connectivity index (χ3v) is 4.59. The van der Waals surface area contributed by atoms with Gasteiger partial charge >= 0.3 is 0 Å². The van der Waals surface area contributed by atoms with Crippen molar-refractivity contribution >= 4 is 45.8 Å². The minimum atomic E-state index is -5.17. The number of nitrogens with one attached hydrogen (secondary N) is 2. The van der Waals surface area contributed by atoms with Gasteiger partial charge in [0.05, 0.1) is 0 Å². The normalized spacial score (nSPS) is 18.0. The molecule has 0 saturated carbocycles. The first-order valence-corrected chi connectivity index (χ1v) is 10.3. The van der Waals surface area contributed by atoms with Crippen molar-refractivity contribution in [2.24, 2.45) is 11.5 Å². The quantitative estimate of drug-likeness (QED) is 0.165. The van der Waals surface area contributed by atoms with E-state index < -0.39 is 10.4 Å². The van der Waals surface area contributed by atoms with Gasteiger partial charge in [0.2, 0.25) is 0 Å². The molecular weight excluding hydrogens is 364 g/mol. The first-order valence-electron chi connectivity index (χ1n) is 6.61. The van der Waals surface area contributed by atoms with Crippen LogP contribution in [0.2, 0.25) is 0 Å². The molecule has 0 aromatic carbocycles. The maximum Gasteiger partial charge on any atom is 0.188 e. The molecule has 10 nitrogen and oxygen atoms in total. The van der Waals surface area contributed by atoms with Crippen LogP contribution in [0.3, 0.4) is 0 Å². The van der Waals surface area contributed by atoms with E-state index in [1.807, 2.05) is 33.3 Å². The SMILES string of the molecule is N=C(N)N1CCSCC1.N=C(N)N1CCSCC1.O=S(=O)([O-])[O-]. The predicted octanol–water partition coefficient (Wildman–Crippen LogP) is -1.48. The zero-order chi connectivity index (χ0) is 17.9. The van der Waals surface area contributed by atoms with E-state index in [-0.39, 0.29) is 11.9 Å². The molecule has 0 bridgehead atoms. The fourth-order valence-electron chi connectivity index (χ4n) is 1.61. The second kappa shape index (κ2) is 11.6. The average molecular weight is 387 g/mol. The molecule has 0 amide bonds. The highest BCUT2D eigenvalue weighted by Gasteiger charge is 2.10. The summed E-state index contributed by atoms with van der Waals surface area (Å²) in [6, 6.07) is 0. The molecule has 0 aromatic heterocycles. The topological polar surface area (TPSA) is 186 Å². The van der Waals surface area contributed by atoms with Crippen LogP contribution in [0.5, 0.6) is 0 Å². The van der Waals surface area contributed by atoms with Crippen molar-refractivity contribution in [1.82, 2.24) is 9.80 Å². The molecule has 0 radical (unpaired) electrons. The number of hydrogen-bond acceptors (Lipinski definition) is 8.